The highest BCUT2D eigenvalue weighted by atomic mass is 16.5. The lowest BCUT2D eigenvalue weighted by Crippen LogP contribution is -2.37. The molecule has 0 unspecified atom stereocenters. The van der Waals surface area contributed by atoms with Crippen LogP contribution in [0.5, 0.6) is 0 Å². The number of benzene rings is 1. The van der Waals surface area contributed by atoms with Gasteiger partial charge in [-0.15, -0.1) is 0 Å². The number of nitrogens with zero attached hydrogens (tertiary/aromatic N) is 1. The van der Waals surface area contributed by atoms with Crippen LogP contribution in [0.25, 0.3) is 11.0 Å². The van der Waals surface area contributed by atoms with Crippen LogP contribution >= 0.6 is 0 Å². The Morgan fingerprint density at radius 1 is 1.40 bits per heavy atom. The molecule has 0 radical (unpaired) electrons. The lowest BCUT2D eigenvalue weighted by molar-refractivity contribution is 0.0697. The lowest BCUT2D eigenvalue weighted by atomic mass is 10.2. The van der Waals surface area contributed by atoms with Crippen LogP contribution in [0.2, 0.25) is 0 Å². The monoisotopic (exact) mass is 278 g/mol. The molecule has 1 aromatic heterocycles. The molecule has 0 aliphatic carbocycles. The number of carboxylic acids is 1. The molecule has 0 spiro atoms. The second kappa shape index (κ2) is 5.70. The fraction of sp³-hybridized carbons (Fsp3) is 0.308. The first-order valence-electron chi connectivity index (χ1n) is 6.12. The number of hydrogen-bond acceptors (Lipinski definition) is 4. The Hall–Kier alpha value is -2.41. The molecule has 1 aromatic carbocycles. The second-order valence-electron chi connectivity index (χ2n) is 4.14. The van der Waals surface area contributed by atoms with Gasteiger partial charge in [0.25, 0.3) is 0 Å². The molecule has 0 bridgehead atoms. The van der Waals surface area contributed by atoms with Crippen LogP contribution in [-0.2, 0) is 11.3 Å². The highest BCUT2D eigenvalue weighted by molar-refractivity contribution is 5.92. The number of carbonyl (C=O) groups is 1. The Kier molecular flexibility index (Phi) is 3.99. The number of hydrogen-bond donors (Lipinski definition) is 2. The molecule has 1 heterocycles. The number of H-pyrrole nitrogens is 1. The number of aromatic amines is 1. The first-order chi connectivity index (χ1) is 9.54. The highest BCUT2D eigenvalue weighted by Gasteiger charge is 2.10. The van der Waals surface area contributed by atoms with Gasteiger partial charge in [0.05, 0.1) is 23.2 Å². The van der Waals surface area contributed by atoms with Gasteiger partial charge in [-0.05, 0) is 25.1 Å². The van der Waals surface area contributed by atoms with Gasteiger partial charge in [0.2, 0.25) is 0 Å². The normalized spacial score (nSPS) is 10.8. The van der Waals surface area contributed by atoms with E-state index in [1.807, 2.05) is 6.92 Å². The van der Waals surface area contributed by atoms with Gasteiger partial charge in [-0.2, -0.15) is 0 Å². The van der Waals surface area contributed by atoms with Crippen LogP contribution in [0.1, 0.15) is 17.3 Å². The van der Waals surface area contributed by atoms with E-state index in [4.69, 9.17) is 9.84 Å². The summed E-state index contributed by atoms with van der Waals surface area (Å²) in [5.74, 6) is -1.10. The third-order valence-electron chi connectivity index (χ3n) is 2.89. The summed E-state index contributed by atoms with van der Waals surface area (Å²) in [4.78, 5) is 36.7. The minimum atomic E-state index is -1.10. The van der Waals surface area contributed by atoms with Crippen LogP contribution in [-0.4, -0.2) is 33.8 Å². The van der Waals surface area contributed by atoms with Gasteiger partial charge in [-0.25, -0.2) is 4.79 Å². The van der Waals surface area contributed by atoms with Crippen molar-refractivity contribution < 1.29 is 14.6 Å². The van der Waals surface area contributed by atoms with Crippen molar-refractivity contribution in [3.8, 4) is 0 Å². The molecule has 0 aliphatic rings. The van der Waals surface area contributed by atoms with Gasteiger partial charge < -0.3 is 14.8 Å². The molecule has 106 valence electrons. The number of aromatic carboxylic acids is 1. The number of fused-ring (bicyclic) bond motifs is 1. The van der Waals surface area contributed by atoms with Gasteiger partial charge in [0.15, 0.2) is 0 Å². The molecule has 0 amide bonds. The van der Waals surface area contributed by atoms with Crippen molar-refractivity contribution in [1.29, 1.82) is 0 Å². The summed E-state index contributed by atoms with van der Waals surface area (Å²) in [6, 6.07) is 4.22. The Morgan fingerprint density at radius 2 is 2.15 bits per heavy atom. The number of ether oxygens (including phenoxy) is 1. The van der Waals surface area contributed by atoms with E-state index in [-0.39, 0.29) is 12.1 Å². The third-order valence-corrected chi connectivity index (χ3v) is 2.89. The van der Waals surface area contributed by atoms with Crippen molar-refractivity contribution in [2.75, 3.05) is 13.2 Å². The highest BCUT2D eigenvalue weighted by Crippen LogP contribution is 2.11. The second-order valence-corrected chi connectivity index (χ2v) is 4.14. The number of aromatic nitrogens is 2. The zero-order chi connectivity index (χ0) is 14.7. The smallest absolute Gasteiger partial charge is 0.335 e. The number of rotatable bonds is 5. The molecule has 2 rings (SSSR count). The fourth-order valence-corrected chi connectivity index (χ4v) is 1.93. The van der Waals surface area contributed by atoms with Crippen molar-refractivity contribution in [2.45, 2.75) is 13.5 Å². The molecular formula is C13H14N2O5. The maximum absolute atomic E-state index is 11.8. The Balaban J connectivity index is 2.59. The fourth-order valence-electron chi connectivity index (χ4n) is 1.93. The molecule has 0 atom stereocenters. The van der Waals surface area contributed by atoms with Crippen molar-refractivity contribution in [1.82, 2.24) is 9.55 Å². The average molecular weight is 278 g/mol. The summed E-state index contributed by atoms with van der Waals surface area (Å²) in [5.41, 5.74) is -0.634. The standard InChI is InChI=1S/C13H14N2O5/c1-2-20-6-5-15-10-4-3-8(13(18)19)7-9(10)14-11(16)12(15)17/h3-4,7H,2,5-6H2,1H3,(H,14,16)(H,18,19). The largest absolute Gasteiger partial charge is 0.478 e. The van der Waals surface area contributed by atoms with Crippen LogP contribution in [0, 0.1) is 0 Å². The lowest BCUT2D eigenvalue weighted by Gasteiger charge is -2.10. The Bertz CT molecular complexity index is 759. The van der Waals surface area contributed by atoms with Gasteiger partial charge in [-0.3, -0.25) is 14.2 Å². The summed E-state index contributed by atoms with van der Waals surface area (Å²) in [7, 11) is 0. The zero-order valence-corrected chi connectivity index (χ0v) is 10.9. The Labute approximate surface area is 113 Å². The van der Waals surface area contributed by atoms with Crippen LogP contribution < -0.4 is 11.1 Å². The molecule has 0 saturated heterocycles. The minimum Gasteiger partial charge on any atom is -0.478 e. The van der Waals surface area contributed by atoms with E-state index >= 15 is 0 Å². The molecule has 20 heavy (non-hydrogen) atoms. The summed E-state index contributed by atoms with van der Waals surface area (Å²) in [6.45, 7) is 2.88. The van der Waals surface area contributed by atoms with Gasteiger partial charge >= 0.3 is 17.1 Å². The number of nitrogens with one attached hydrogen (secondary N) is 1. The van der Waals surface area contributed by atoms with E-state index < -0.39 is 17.1 Å². The van der Waals surface area contributed by atoms with E-state index in [2.05, 4.69) is 4.98 Å². The first-order valence-corrected chi connectivity index (χ1v) is 6.12. The van der Waals surface area contributed by atoms with Crippen LogP contribution in [0.15, 0.2) is 27.8 Å². The Morgan fingerprint density at radius 3 is 2.80 bits per heavy atom. The average Bonchev–Trinajstić information content (AvgIpc) is 2.42. The zero-order valence-electron chi connectivity index (χ0n) is 10.9. The van der Waals surface area contributed by atoms with Gasteiger partial charge in [0, 0.05) is 13.2 Å². The van der Waals surface area contributed by atoms with E-state index in [9.17, 15) is 14.4 Å². The molecule has 2 N–H and O–H groups in total. The maximum atomic E-state index is 11.8. The minimum absolute atomic E-state index is 0.0446. The molecule has 0 aliphatic heterocycles. The van der Waals surface area contributed by atoms with Crippen LogP contribution in [0.3, 0.4) is 0 Å². The molecular weight excluding hydrogens is 264 g/mol. The molecule has 7 nitrogen and oxygen atoms in total. The molecule has 7 heteroatoms. The van der Waals surface area contributed by atoms with Gasteiger partial charge in [0.1, 0.15) is 0 Å². The number of carboxylic acid groups (broad SMARTS) is 1. The topological polar surface area (TPSA) is 101 Å². The van der Waals surface area contributed by atoms with Crippen molar-refractivity contribution in [3.63, 3.8) is 0 Å². The predicted octanol–water partition coefficient (Wildman–Crippen LogP) is 0.425. The quantitative estimate of drug-likeness (QED) is 0.610. The molecule has 0 fully saturated rings. The van der Waals surface area contributed by atoms with Crippen molar-refractivity contribution in [3.05, 3.63) is 44.5 Å². The third kappa shape index (κ3) is 2.62. The first kappa shape index (κ1) is 14.0. The summed E-state index contributed by atoms with van der Waals surface area (Å²) in [6.07, 6.45) is 0. The van der Waals surface area contributed by atoms with E-state index in [1.165, 1.54) is 22.8 Å². The summed E-state index contributed by atoms with van der Waals surface area (Å²) in [5, 5.41) is 8.93. The van der Waals surface area contributed by atoms with Crippen molar-refractivity contribution in [2.24, 2.45) is 0 Å². The van der Waals surface area contributed by atoms with Gasteiger partial charge in [-0.1, -0.05) is 0 Å². The summed E-state index contributed by atoms with van der Waals surface area (Å²) >= 11 is 0. The molecule has 2 aromatic rings. The summed E-state index contributed by atoms with van der Waals surface area (Å²) < 4.78 is 6.46. The predicted molar refractivity (Wildman–Crippen MR) is 72.3 cm³/mol. The SMILES string of the molecule is CCOCCn1c(=O)c(=O)[nH]c2cc(C(=O)O)ccc21. The maximum Gasteiger partial charge on any atom is 0.335 e. The van der Waals surface area contributed by atoms with E-state index in [0.29, 0.717) is 24.2 Å². The van der Waals surface area contributed by atoms with Crippen LogP contribution in [0.4, 0.5) is 0 Å². The van der Waals surface area contributed by atoms with E-state index in [1.54, 1.807) is 0 Å². The van der Waals surface area contributed by atoms with E-state index in [0.717, 1.165) is 0 Å². The van der Waals surface area contributed by atoms with Crippen molar-refractivity contribution >= 4 is 17.0 Å². The molecule has 0 saturated carbocycles.